The van der Waals surface area contributed by atoms with Gasteiger partial charge < -0.3 is 19.5 Å². The van der Waals surface area contributed by atoms with Crippen molar-refractivity contribution in [2.75, 3.05) is 14.2 Å². The Morgan fingerprint density at radius 2 is 1.80 bits per heavy atom. The van der Waals surface area contributed by atoms with Crippen LogP contribution in [-0.4, -0.2) is 25.9 Å². The lowest BCUT2D eigenvalue weighted by atomic mass is 9.98. The van der Waals surface area contributed by atoms with Gasteiger partial charge in [0.2, 0.25) is 5.69 Å². The first-order valence-electron chi connectivity index (χ1n) is 9.12. The number of hydrogen-bond acceptors (Lipinski definition) is 4. The van der Waals surface area contributed by atoms with Crippen molar-refractivity contribution < 1.29 is 27.8 Å². The summed E-state index contributed by atoms with van der Waals surface area (Å²) in [5.74, 6) is -1.57. The third-order valence-electron chi connectivity index (χ3n) is 4.09. The molecule has 0 unspecified atom stereocenters. The van der Waals surface area contributed by atoms with Crippen LogP contribution in [0.15, 0.2) is 30.3 Å². The van der Waals surface area contributed by atoms with Gasteiger partial charge in [-0.15, -0.1) is 0 Å². The molecule has 6 nitrogen and oxygen atoms in total. The standard InChI is InChI=1S/C22H24F2N2O4/c1-22(2,3)30-21(27)26-12-13-8-7-9-15(18(13)23)16-10-14(20(28-5)29-6)11-17(25-4)19(16)24/h7-11,20H,12H2,1-3,5-6H3,(H,26,27). The van der Waals surface area contributed by atoms with Gasteiger partial charge in [0.05, 0.1) is 6.57 Å². The smallest absolute Gasteiger partial charge is 0.407 e. The molecule has 30 heavy (non-hydrogen) atoms. The molecule has 0 bridgehead atoms. The SMILES string of the molecule is [C-]#[N+]c1cc(C(OC)OC)cc(-c2cccc(CNC(=O)OC(C)(C)C)c2F)c1F. The Morgan fingerprint density at radius 1 is 1.13 bits per heavy atom. The van der Waals surface area contributed by atoms with Crippen molar-refractivity contribution in [3.05, 3.63) is 64.5 Å². The molecule has 2 rings (SSSR count). The average molecular weight is 418 g/mol. The van der Waals surface area contributed by atoms with E-state index in [1.54, 1.807) is 20.8 Å². The highest BCUT2D eigenvalue weighted by Gasteiger charge is 2.21. The maximum absolute atomic E-state index is 15.2. The van der Waals surface area contributed by atoms with E-state index in [1.165, 1.54) is 44.6 Å². The fourth-order valence-electron chi connectivity index (χ4n) is 2.82. The van der Waals surface area contributed by atoms with Gasteiger partial charge in [-0.25, -0.2) is 18.4 Å². The summed E-state index contributed by atoms with van der Waals surface area (Å²) in [5.41, 5.74) is -0.605. The highest BCUT2D eigenvalue weighted by molar-refractivity contribution is 5.72. The van der Waals surface area contributed by atoms with Crippen LogP contribution in [0.3, 0.4) is 0 Å². The van der Waals surface area contributed by atoms with Gasteiger partial charge in [-0.2, -0.15) is 0 Å². The van der Waals surface area contributed by atoms with Gasteiger partial charge in [-0.3, -0.25) is 0 Å². The summed E-state index contributed by atoms with van der Waals surface area (Å²) < 4.78 is 45.5. The van der Waals surface area contributed by atoms with Gasteiger partial charge in [0, 0.05) is 37.5 Å². The van der Waals surface area contributed by atoms with E-state index in [2.05, 4.69) is 10.2 Å². The van der Waals surface area contributed by atoms with Crippen molar-refractivity contribution in [1.82, 2.24) is 5.32 Å². The molecule has 0 aromatic heterocycles. The Bertz CT molecular complexity index is 961. The molecule has 1 amide bonds. The second-order valence-corrected chi connectivity index (χ2v) is 7.45. The first-order valence-corrected chi connectivity index (χ1v) is 9.12. The Hall–Kier alpha value is -3.02. The lowest BCUT2D eigenvalue weighted by Gasteiger charge is -2.20. The molecule has 2 aromatic rings. The maximum Gasteiger partial charge on any atom is 0.407 e. The van der Waals surface area contributed by atoms with E-state index in [1.807, 2.05) is 0 Å². The minimum atomic E-state index is -0.851. The molecule has 0 atom stereocenters. The van der Waals surface area contributed by atoms with Crippen LogP contribution in [0.5, 0.6) is 0 Å². The summed E-state index contributed by atoms with van der Waals surface area (Å²) >= 11 is 0. The Morgan fingerprint density at radius 3 is 2.37 bits per heavy atom. The fraction of sp³-hybridized carbons (Fsp3) is 0.364. The first-order chi connectivity index (χ1) is 14.1. The number of rotatable bonds is 6. The molecule has 0 aliphatic rings. The number of halogens is 2. The highest BCUT2D eigenvalue weighted by Crippen LogP contribution is 2.36. The summed E-state index contributed by atoms with van der Waals surface area (Å²) in [7, 11) is 2.80. The van der Waals surface area contributed by atoms with Crippen molar-refractivity contribution in [1.29, 1.82) is 0 Å². The predicted octanol–water partition coefficient (Wildman–Crippen LogP) is 5.50. The number of methoxy groups -OCH3 is 2. The van der Waals surface area contributed by atoms with Gasteiger partial charge in [-0.1, -0.05) is 18.2 Å². The number of alkyl carbamates (subject to hydrolysis) is 1. The van der Waals surface area contributed by atoms with E-state index in [4.69, 9.17) is 20.8 Å². The van der Waals surface area contributed by atoms with Gasteiger partial charge >= 0.3 is 6.09 Å². The molecule has 1 N–H and O–H groups in total. The number of hydrogen-bond donors (Lipinski definition) is 1. The molecule has 8 heteroatoms. The van der Waals surface area contributed by atoms with Crippen LogP contribution in [-0.2, 0) is 20.8 Å². The van der Waals surface area contributed by atoms with E-state index in [0.29, 0.717) is 5.56 Å². The molecule has 0 aliphatic carbocycles. The van der Waals surface area contributed by atoms with Crippen molar-refractivity contribution in [2.45, 2.75) is 39.2 Å². The van der Waals surface area contributed by atoms with Crippen molar-refractivity contribution in [3.63, 3.8) is 0 Å². The molecule has 0 spiro atoms. The first kappa shape index (κ1) is 23.3. The summed E-state index contributed by atoms with van der Waals surface area (Å²) in [6, 6.07) is 7.09. The van der Waals surface area contributed by atoms with E-state index in [9.17, 15) is 9.18 Å². The van der Waals surface area contributed by atoms with Crippen LogP contribution in [0.4, 0.5) is 19.3 Å². The zero-order chi connectivity index (χ0) is 22.5. The van der Waals surface area contributed by atoms with E-state index in [0.717, 1.165) is 0 Å². The van der Waals surface area contributed by atoms with Crippen molar-refractivity contribution >= 4 is 11.8 Å². The molecule has 0 fully saturated rings. The normalized spacial score (nSPS) is 11.3. The van der Waals surface area contributed by atoms with E-state index < -0.39 is 29.6 Å². The highest BCUT2D eigenvalue weighted by atomic mass is 19.1. The van der Waals surface area contributed by atoms with Crippen LogP contribution < -0.4 is 5.32 Å². The number of nitrogens with one attached hydrogen (secondary N) is 1. The minimum Gasteiger partial charge on any atom is -0.444 e. The summed E-state index contributed by atoms with van der Waals surface area (Å²) in [6.45, 7) is 12.2. The largest absolute Gasteiger partial charge is 0.444 e. The number of carbonyl (C=O) groups is 1. The third-order valence-corrected chi connectivity index (χ3v) is 4.09. The zero-order valence-corrected chi connectivity index (χ0v) is 17.5. The van der Waals surface area contributed by atoms with Gasteiger partial charge in [0.15, 0.2) is 6.29 Å². The predicted molar refractivity (Wildman–Crippen MR) is 108 cm³/mol. The topological polar surface area (TPSA) is 61.2 Å². The van der Waals surface area contributed by atoms with E-state index >= 15 is 4.39 Å². The zero-order valence-electron chi connectivity index (χ0n) is 17.5. The van der Waals surface area contributed by atoms with Crippen LogP contribution in [0.1, 0.15) is 38.2 Å². The lowest BCUT2D eigenvalue weighted by molar-refractivity contribution is -0.105. The van der Waals surface area contributed by atoms with Crippen LogP contribution in [0.25, 0.3) is 16.0 Å². The molecule has 2 aromatic carbocycles. The Kier molecular flexibility index (Phi) is 7.48. The van der Waals surface area contributed by atoms with E-state index in [-0.39, 0.29) is 28.9 Å². The van der Waals surface area contributed by atoms with Crippen LogP contribution in [0, 0.1) is 18.2 Å². The number of amides is 1. The molecular formula is C22H24F2N2O4. The summed E-state index contributed by atoms with van der Waals surface area (Å²) in [4.78, 5) is 15.0. The summed E-state index contributed by atoms with van der Waals surface area (Å²) in [6.07, 6.45) is -1.54. The van der Waals surface area contributed by atoms with Gasteiger partial charge in [0.1, 0.15) is 17.2 Å². The van der Waals surface area contributed by atoms with Gasteiger partial charge in [0.25, 0.3) is 0 Å². The number of benzene rings is 2. The number of nitrogens with zero attached hydrogens (tertiary/aromatic N) is 1. The number of carbonyl (C=O) groups excluding carboxylic acids is 1. The maximum atomic E-state index is 15.2. The second-order valence-electron chi connectivity index (χ2n) is 7.45. The second kappa shape index (κ2) is 9.65. The van der Waals surface area contributed by atoms with Crippen LogP contribution in [0.2, 0.25) is 0 Å². The quantitative estimate of drug-likeness (QED) is 0.497. The Balaban J connectivity index is 2.43. The minimum absolute atomic E-state index is 0.0475. The lowest BCUT2D eigenvalue weighted by Crippen LogP contribution is -2.32. The molecule has 0 radical (unpaired) electrons. The summed E-state index contributed by atoms with van der Waals surface area (Å²) in [5, 5.41) is 2.48. The van der Waals surface area contributed by atoms with Gasteiger partial charge in [-0.05, 0) is 38.5 Å². The molecule has 0 aliphatic heterocycles. The molecule has 0 saturated heterocycles. The molecule has 160 valence electrons. The van der Waals surface area contributed by atoms with Crippen molar-refractivity contribution in [3.8, 4) is 11.1 Å². The molecular weight excluding hydrogens is 394 g/mol. The third kappa shape index (κ3) is 5.53. The molecule has 0 heterocycles. The van der Waals surface area contributed by atoms with Crippen LogP contribution >= 0.6 is 0 Å². The number of ether oxygens (including phenoxy) is 3. The fourth-order valence-corrected chi connectivity index (χ4v) is 2.82. The molecule has 0 saturated carbocycles. The Labute approximate surface area is 174 Å². The van der Waals surface area contributed by atoms with Crippen molar-refractivity contribution in [2.24, 2.45) is 0 Å². The monoisotopic (exact) mass is 418 g/mol. The average Bonchev–Trinajstić information content (AvgIpc) is 2.68.